The molecule has 0 spiro atoms. The molecular formula is C20H30O2. The second kappa shape index (κ2) is 4.69. The molecule has 0 aromatic rings. The van der Waals surface area contributed by atoms with Gasteiger partial charge in [0.05, 0.1) is 5.60 Å². The highest BCUT2D eigenvalue weighted by atomic mass is 16.3. The third-order valence-electron chi connectivity index (χ3n) is 8.20. The van der Waals surface area contributed by atoms with E-state index in [1.165, 1.54) is 18.4 Å². The van der Waals surface area contributed by atoms with Gasteiger partial charge in [-0.3, -0.25) is 4.79 Å². The van der Waals surface area contributed by atoms with Crippen molar-refractivity contribution in [3.05, 3.63) is 11.6 Å². The maximum Gasteiger partial charge on any atom is 0.155 e. The molecule has 3 saturated carbocycles. The number of carbonyl (C=O) groups is 1. The van der Waals surface area contributed by atoms with Crippen molar-refractivity contribution in [3.8, 4) is 0 Å². The topological polar surface area (TPSA) is 37.3 Å². The molecule has 0 aromatic carbocycles. The quantitative estimate of drug-likeness (QED) is 0.730. The average molecular weight is 302 g/mol. The zero-order chi connectivity index (χ0) is 15.7. The molecular weight excluding hydrogens is 272 g/mol. The molecule has 2 nitrogen and oxygen atoms in total. The number of aliphatic hydroxyl groups is 1. The molecule has 22 heavy (non-hydrogen) atoms. The molecule has 0 saturated heterocycles. The Hall–Kier alpha value is -0.630. The van der Waals surface area contributed by atoms with Crippen LogP contribution in [0.2, 0.25) is 0 Å². The lowest BCUT2D eigenvalue weighted by Crippen LogP contribution is -2.53. The van der Waals surface area contributed by atoms with Crippen LogP contribution < -0.4 is 0 Å². The van der Waals surface area contributed by atoms with Crippen LogP contribution >= 0.6 is 0 Å². The van der Waals surface area contributed by atoms with Gasteiger partial charge in [0.25, 0.3) is 0 Å². The van der Waals surface area contributed by atoms with Crippen molar-refractivity contribution in [3.63, 3.8) is 0 Å². The summed E-state index contributed by atoms with van der Waals surface area (Å²) in [6, 6.07) is 0. The van der Waals surface area contributed by atoms with E-state index < -0.39 is 5.60 Å². The predicted octanol–water partition coefficient (Wildman–Crippen LogP) is 4.13. The smallest absolute Gasteiger partial charge is 0.155 e. The Bertz CT molecular complexity index is 532. The van der Waals surface area contributed by atoms with Gasteiger partial charge in [-0.1, -0.05) is 19.4 Å². The summed E-state index contributed by atoms with van der Waals surface area (Å²) in [6.45, 7) is 6.82. The van der Waals surface area contributed by atoms with Crippen LogP contribution in [-0.4, -0.2) is 16.5 Å². The van der Waals surface area contributed by atoms with E-state index in [9.17, 15) is 9.90 Å². The van der Waals surface area contributed by atoms with E-state index in [1.807, 2.05) is 6.08 Å². The first-order valence-electron chi connectivity index (χ1n) is 9.29. The molecule has 7 unspecified atom stereocenters. The van der Waals surface area contributed by atoms with E-state index >= 15 is 0 Å². The second-order valence-corrected chi connectivity index (χ2v) is 9.13. The molecule has 2 heteroatoms. The highest BCUT2D eigenvalue weighted by molar-refractivity contribution is 5.91. The molecule has 0 amide bonds. The fourth-order valence-electron chi connectivity index (χ4n) is 6.83. The van der Waals surface area contributed by atoms with Gasteiger partial charge in [0.2, 0.25) is 0 Å². The van der Waals surface area contributed by atoms with Crippen molar-refractivity contribution >= 4 is 5.78 Å². The lowest BCUT2D eigenvalue weighted by Gasteiger charge is -2.57. The summed E-state index contributed by atoms with van der Waals surface area (Å²) in [6.07, 6.45) is 9.51. The predicted molar refractivity (Wildman–Crippen MR) is 87.3 cm³/mol. The van der Waals surface area contributed by atoms with Gasteiger partial charge >= 0.3 is 0 Å². The normalized spacial score (nSPS) is 54.3. The first-order valence-corrected chi connectivity index (χ1v) is 9.29. The minimum Gasteiger partial charge on any atom is -0.390 e. The second-order valence-electron chi connectivity index (χ2n) is 9.13. The van der Waals surface area contributed by atoms with Crippen LogP contribution in [0.3, 0.4) is 0 Å². The van der Waals surface area contributed by atoms with Gasteiger partial charge in [0.15, 0.2) is 5.78 Å². The Morgan fingerprint density at radius 2 is 1.95 bits per heavy atom. The summed E-state index contributed by atoms with van der Waals surface area (Å²) >= 11 is 0. The van der Waals surface area contributed by atoms with Crippen LogP contribution in [0.1, 0.15) is 65.7 Å². The Morgan fingerprint density at radius 3 is 2.73 bits per heavy atom. The number of fused-ring (bicyclic) bond motifs is 5. The largest absolute Gasteiger partial charge is 0.390 e. The lowest BCUT2D eigenvalue weighted by atomic mass is 9.48. The van der Waals surface area contributed by atoms with E-state index in [-0.39, 0.29) is 5.41 Å². The summed E-state index contributed by atoms with van der Waals surface area (Å²) in [5, 5.41) is 10.9. The van der Waals surface area contributed by atoms with Gasteiger partial charge < -0.3 is 5.11 Å². The Kier molecular flexibility index (Phi) is 3.18. The molecule has 0 aliphatic heterocycles. The zero-order valence-corrected chi connectivity index (χ0v) is 14.3. The highest BCUT2D eigenvalue weighted by Gasteiger charge is 2.61. The maximum absolute atomic E-state index is 11.8. The molecule has 122 valence electrons. The number of ketones is 1. The molecule has 4 rings (SSSR count). The van der Waals surface area contributed by atoms with E-state index in [0.717, 1.165) is 43.9 Å². The molecule has 1 N–H and O–H groups in total. The first kappa shape index (κ1) is 14.9. The maximum atomic E-state index is 11.8. The van der Waals surface area contributed by atoms with Crippen molar-refractivity contribution < 1.29 is 9.90 Å². The van der Waals surface area contributed by atoms with Gasteiger partial charge in [-0.15, -0.1) is 0 Å². The third kappa shape index (κ3) is 1.85. The molecule has 0 aromatic heterocycles. The van der Waals surface area contributed by atoms with Gasteiger partial charge in [-0.05, 0) is 86.5 Å². The van der Waals surface area contributed by atoms with Crippen molar-refractivity contribution in [1.82, 2.24) is 0 Å². The van der Waals surface area contributed by atoms with Crippen LogP contribution in [0.5, 0.6) is 0 Å². The van der Waals surface area contributed by atoms with E-state index in [1.54, 1.807) is 0 Å². The van der Waals surface area contributed by atoms with Gasteiger partial charge in [-0.25, -0.2) is 0 Å². The van der Waals surface area contributed by atoms with Crippen LogP contribution in [0.15, 0.2) is 11.6 Å². The molecule has 7 atom stereocenters. The summed E-state index contributed by atoms with van der Waals surface area (Å²) in [5.41, 5.74) is 1.08. The fraction of sp³-hybridized carbons (Fsp3) is 0.850. The van der Waals surface area contributed by atoms with Crippen LogP contribution in [-0.2, 0) is 4.79 Å². The molecule has 0 bridgehead atoms. The molecule has 4 aliphatic carbocycles. The number of rotatable bonds is 0. The number of allylic oxidation sites excluding steroid dienone is 1. The van der Waals surface area contributed by atoms with Crippen LogP contribution in [0.4, 0.5) is 0 Å². The number of hydrogen-bond acceptors (Lipinski definition) is 2. The minimum atomic E-state index is -0.485. The summed E-state index contributed by atoms with van der Waals surface area (Å²) in [5.74, 6) is 3.86. The highest BCUT2D eigenvalue weighted by Crippen LogP contribution is 2.65. The standard InChI is InChI=1S/C20H30O2/c1-12-10-13-11-14(21)4-5-15(13)16-6-8-19(2)17(18(12)16)7-9-20(19,3)22/h11-12,15-18,22H,4-10H2,1-3H3. The first-order chi connectivity index (χ1) is 10.3. The minimum absolute atomic E-state index is 0.105. The van der Waals surface area contributed by atoms with E-state index in [0.29, 0.717) is 23.5 Å². The zero-order valence-electron chi connectivity index (χ0n) is 14.3. The molecule has 0 heterocycles. The van der Waals surface area contributed by atoms with Crippen molar-refractivity contribution in [2.75, 3.05) is 0 Å². The van der Waals surface area contributed by atoms with Crippen molar-refractivity contribution in [2.45, 2.75) is 71.3 Å². The number of hydrogen-bond donors (Lipinski definition) is 1. The van der Waals surface area contributed by atoms with Gasteiger partial charge in [0.1, 0.15) is 0 Å². The van der Waals surface area contributed by atoms with Crippen LogP contribution in [0, 0.1) is 35.0 Å². The Balaban J connectivity index is 1.69. The molecule has 3 fully saturated rings. The summed E-state index contributed by atoms with van der Waals surface area (Å²) in [4.78, 5) is 11.8. The SMILES string of the molecule is CC1CC2=CC(=O)CCC2C2CCC3(C)C(CCC3(C)O)C12. The monoisotopic (exact) mass is 302 g/mol. The van der Waals surface area contributed by atoms with Gasteiger partial charge in [0, 0.05) is 6.42 Å². The van der Waals surface area contributed by atoms with Crippen molar-refractivity contribution in [1.29, 1.82) is 0 Å². The average Bonchev–Trinajstić information content (AvgIpc) is 2.69. The van der Waals surface area contributed by atoms with E-state index in [2.05, 4.69) is 20.8 Å². The van der Waals surface area contributed by atoms with Crippen molar-refractivity contribution in [2.24, 2.45) is 35.0 Å². The summed E-state index contributed by atoms with van der Waals surface area (Å²) < 4.78 is 0. The fourth-order valence-corrected chi connectivity index (χ4v) is 6.83. The van der Waals surface area contributed by atoms with E-state index in [4.69, 9.17) is 0 Å². The lowest BCUT2D eigenvalue weighted by molar-refractivity contribution is -0.121. The Labute approximate surface area is 134 Å². The van der Waals surface area contributed by atoms with Crippen LogP contribution in [0.25, 0.3) is 0 Å². The van der Waals surface area contributed by atoms with Gasteiger partial charge in [-0.2, -0.15) is 0 Å². The summed E-state index contributed by atoms with van der Waals surface area (Å²) in [7, 11) is 0. The molecule has 4 aliphatic rings. The Morgan fingerprint density at radius 1 is 1.18 bits per heavy atom. The molecule has 0 radical (unpaired) electrons. The third-order valence-corrected chi connectivity index (χ3v) is 8.20. The number of carbonyl (C=O) groups excluding carboxylic acids is 1.